The second kappa shape index (κ2) is 9.03. The monoisotopic (exact) mass is 460 g/mol. The summed E-state index contributed by atoms with van der Waals surface area (Å²) in [6.45, 7) is 2.81. The number of thiazole rings is 1. The van der Waals surface area contributed by atoms with Crippen LogP contribution in [0.4, 0.5) is 15.2 Å². The van der Waals surface area contributed by atoms with Gasteiger partial charge in [0.2, 0.25) is 0 Å². The van der Waals surface area contributed by atoms with Gasteiger partial charge in [-0.25, -0.2) is 17.8 Å². The highest BCUT2D eigenvalue weighted by molar-refractivity contribution is 7.92. The number of sulfonamides is 1. The number of nitrogens with zero attached hydrogens (tertiary/aromatic N) is 3. The number of halogens is 1. The lowest BCUT2D eigenvalue weighted by molar-refractivity contribution is 0.0767. The largest absolute Gasteiger partial charge is 0.346 e. The molecule has 31 heavy (non-hydrogen) atoms. The third kappa shape index (κ3) is 5.02. The predicted molar refractivity (Wildman–Crippen MR) is 118 cm³/mol. The van der Waals surface area contributed by atoms with E-state index in [0.29, 0.717) is 24.3 Å². The first-order valence-electron chi connectivity index (χ1n) is 9.74. The van der Waals surface area contributed by atoms with Gasteiger partial charge >= 0.3 is 0 Å². The third-order valence-electron chi connectivity index (χ3n) is 4.98. The van der Waals surface area contributed by atoms with Crippen molar-refractivity contribution in [3.63, 3.8) is 0 Å². The van der Waals surface area contributed by atoms with Crippen LogP contribution in [0.3, 0.4) is 0 Å². The summed E-state index contributed by atoms with van der Waals surface area (Å²) in [6, 6.07) is 10.9. The molecule has 1 amide bonds. The molecule has 1 N–H and O–H groups in total. The zero-order valence-electron chi connectivity index (χ0n) is 16.6. The van der Waals surface area contributed by atoms with Crippen molar-refractivity contribution in [3.05, 3.63) is 71.5 Å². The maximum Gasteiger partial charge on any atom is 0.261 e. The number of hydrogen-bond donors (Lipinski definition) is 1. The van der Waals surface area contributed by atoms with E-state index in [1.54, 1.807) is 41.8 Å². The lowest BCUT2D eigenvalue weighted by Crippen LogP contribution is -2.35. The Bertz CT molecular complexity index is 1130. The number of carbonyl (C=O) groups is 1. The van der Waals surface area contributed by atoms with E-state index < -0.39 is 15.8 Å². The highest BCUT2D eigenvalue weighted by atomic mass is 32.2. The summed E-state index contributed by atoms with van der Waals surface area (Å²) >= 11 is 1.59. The van der Waals surface area contributed by atoms with E-state index in [4.69, 9.17) is 0 Å². The number of anilines is 2. The van der Waals surface area contributed by atoms with Crippen LogP contribution in [0.25, 0.3) is 0 Å². The molecule has 1 aliphatic rings. The zero-order valence-corrected chi connectivity index (χ0v) is 18.2. The van der Waals surface area contributed by atoms with E-state index in [-0.39, 0.29) is 10.8 Å². The van der Waals surface area contributed by atoms with Crippen molar-refractivity contribution in [3.8, 4) is 0 Å². The summed E-state index contributed by atoms with van der Waals surface area (Å²) in [5.41, 5.74) is 0.819. The highest BCUT2D eigenvalue weighted by Gasteiger charge is 2.22. The Morgan fingerprint density at radius 1 is 1.00 bits per heavy atom. The molecule has 1 aromatic heterocycles. The van der Waals surface area contributed by atoms with Crippen LogP contribution >= 0.6 is 11.3 Å². The smallest absolute Gasteiger partial charge is 0.261 e. The van der Waals surface area contributed by atoms with Crippen LogP contribution in [0.2, 0.25) is 0 Å². The molecular formula is C21H21FN4O3S2. The average molecular weight is 461 g/mol. The minimum Gasteiger partial charge on any atom is -0.346 e. The van der Waals surface area contributed by atoms with Gasteiger partial charge in [-0.1, -0.05) is 0 Å². The summed E-state index contributed by atoms with van der Waals surface area (Å²) in [4.78, 5) is 21.2. The molecule has 2 aromatic carbocycles. The number of nitrogens with one attached hydrogen (secondary N) is 1. The van der Waals surface area contributed by atoms with E-state index in [1.807, 2.05) is 10.3 Å². The SMILES string of the molecule is O=C(c1ccc(NS(=O)(=O)c2ccc(F)cc2)cc1)N1CCCN(c2nccs2)CC1. The quantitative estimate of drug-likeness (QED) is 0.631. The first kappa shape index (κ1) is 21.3. The number of rotatable bonds is 5. The average Bonchev–Trinajstić information content (AvgIpc) is 3.18. The summed E-state index contributed by atoms with van der Waals surface area (Å²) in [6.07, 6.45) is 2.63. The van der Waals surface area contributed by atoms with E-state index in [1.165, 1.54) is 12.1 Å². The minimum atomic E-state index is -3.84. The van der Waals surface area contributed by atoms with Crippen LogP contribution < -0.4 is 9.62 Å². The van der Waals surface area contributed by atoms with Gasteiger partial charge in [-0.2, -0.15) is 0 Å². The molecular weight excluding hydrogens is 439 g/mol. The van der Waals surface area contributed by atoms with E-state index in [9.17, 15) is 17.6 Å². The molecule has 0 bridgehead atoms. The van der Waals surface area contributed by atoms with Crippen LogP contribution in [-0.2, 0) is 10.0 Å². The van der Waals surface area contributed by atoms with Crippen molar-refractivity contribution in [2.75, 3.05) is 35.8 Å². The molecule has 4 rings (SSSR count). The van der Waals surface area contributed by atoms with Crippen molar-refractivity contribution in [2.24, 2.45) is 0 Å². The summed E-state index contributed by atoms with van der Waals surface area (Å²) in [7, 11) is -3.84. The van der Waals surface area contributed by atoms with Gasteiger partial charge in [-0.15, -0.1) is 11.3 Å². The van der Waals surface area contributed by atoms with Crippen LogP contribution in [0.15, 0.2) is 65.0 Å². The number of benzene rings is 2. The molecule has 1 aliphatic heterocycles. The van der Waals surface area contributed by atoms with Gasteiger partial charge in [-0.05, 0) is 55.0 Å². The number of amides is 1. The molecule has 0 atom stereocenters. The Balaban J connectivity index is 1.40. The third-order valence-corrected chi connectivity index (χ3v) is 7.21. The Morgan fingerprint density at radius 3 is 2.42 bits per heavy atom. The Morgan fingerprint density at radius 2 is 1.74 bits per heavy atom. The van der Waals surface area contributed by atoms with E-state index in [0.717, 1.165) is 36.8 Å². The van der Waals surface area contributed by atoms with Gasteiger partial charge < -0.3 is 9.80 Å². The lowest BCUT2D eigenvalue weighted by atomic mass is 10.2. The van der Waals surface area contributed by atoms with Gasteiger partial charge in [-0.3, -0.25) is 9.52 Å². The topological polar surface area (TPSA) is 82.6 Å². The second-order valence-corrected chi connectivity index (χ2v) is 9.64. The molecule has 2 heterocycles. The molecule has 0 aliphatic carbocycles. The van der Waals surface area contributed by atoms with Crippen molar-refractivity contribution < 1.29 is 17.6 Å². The molecule has 7 nitrogen and oxygen atoms in total. The minimum absolute atomic E-state index is 0.0385. The van der Waals surface area contributed by atoms with Crippen molar-refractivity contribution in [1.82, 2.24) is 9.88 Å². The van der Waals surface area contributed by atoms with Gasteiger partial charge in [0, 0.05) is 49.0 Å². The summed E-state index contributed by atoms with van der Waals surface area (Å²) in [5, 5.41) is 2.90. The second-order valence-electron chi connectivity index (χ2n) is 7.08. The Labute approximate surface area is 184 Å². The molecule has 1 fully saturated rings. The maximum absolute atomic E-state index is 13.0. The maximum atomic E-state index is 13.0. The number of carbonyl (C=O) groups excluding carboxylic acids is 1. The molecule has 3 aromatic rings. The molecule has 0 radical (unpaired) electrons. The number of aromatic nitrogens is 1. The van der Waals surface area contributed by atoms with Gasteiger partial charge in [0.15, 0.2) is 5.13 Å². The number of hydrogen-bond acceptors (Lipinski definition) is 6. The molecule has 0 spiro atoms. The first-order chi connectivity index (χ1) is 14.9. The van der Waals surface area contributed by atoms with Gasteiger partial charge in [0.05, 0.1) is 4.90 Å². The van der Waals surface area contributed by atoms with E-state index in [2.05, 4.69) is 14.6 Å². The molecule has 0 saturated carbocycles. The fraction of sp³-hybridized carbons (Fsp3) is 0.238. The van der Waals surface area contributed by atoms with Crippen molar-refractivity contribution in [1.29, 1.82) is 0 Å². The molecule has 1 saturated heterocycles. The standard InChI is InChI=1S/C21H21FN4O3S2/c22-17-4-8-19(9-5-17)31(28,29)24-18-6-2-16(3-7-18)20(27)25-11-1-12-26(14-13-25)21-23-10-15-30-21/h2-10,15,24H,1,11-14H2. The Hall–Kier alpha value is -2.98. The fourth-order valence-electron chi connectivity index (χ4n) is 3.38. The van der Waals surface area contributed by atoms with Crippen LogP contribution in [0, 0.1) is 5.82 Å². The zero-order chi connectivity index (χ0) is 21.8. The van der Waals surface area contributed by atoms with Crippen molar-refractivity contribution >= 4 is 38.1 Å². The molecule has 10 heteroatoms. The highest BCUT2D eigenvalue weighted by Crippen LogP contribution is 2.21. The molecule has 0 unspecified atom stereocenters. The lowest BCUT2D eigenvalue weighted by Gasteiger charge is -2.22. The van der Waals surface area contributed by atoms with Crippen LogP contribution in [0.1, 0.15) is 16.8 Å². The van der Waals surface area contributed by atoms with Gasteiger partial charge in [0.25, 0.3) is 15.9 Å². The summed E-state index contributed by atoms with van der Waals surface area (Å²) in [5.74, 6) is -0.598. The van der Waals surface area contributed by atoms with Crippen molar-refractivity contribution in [2.45, 2.75) is 11.3 Å². The van der Waals surface area contributed by atoms with Gasteiger partial charge in [0.1, 0.15) is 5.82 Å². The van der Waals surface area contributed by atoms with Crippen LogP contribution in [-0.4, -0.2) is 50.4 Å². The summed E-state index contributed by atoms with van der Waals surface area (Å²) < 4.78 is 40.3. The first-order valence-corrected chi connectivity index (χ1v) is 12.1. The van der Waals surface area contributed by atoms with Crippen LogP contribution in [0.5, 0.6) is 0 Å². The molecule has 162 valence electrons. The normalized spacial score (nSPS) is 14.9. The van der Waals surface area contributed by atoms with E-state index >= 15 is 0 Å². The Kier molecular flexibility index (Phi) is 6.19. The predicted octanol–water partition coefficient (Wildman–Crippen LogP) is 3.44. The fourth-order valence-corrected chi connectivity index (χ4v) is 5.13.